The van der Waals surface area contributed by atoms with Crippen molar-refractivity contribution in [3.8, 4) is 11.1 Å². The number of thiazole rings is 1. The highest BCUT2D eigenvalue weighted by molar-refractivity contribution is 7.13. The number of alkyl halides is 1. The fourth-order valence-electron chi connectivity index (χ4n) is 5.94. The van der Waals surface area contributed by atoms with Crippen molar-refractivity contribution < 1.29 is 18.4 Å². The van der Waals surface area contributed by atoms with Crippen LogP contribution in [-0.2, 0) is 24.3 Å². The van der Waals surface area contributed by atoms with Gasteiger partial charge in [0, 0.05) is 66.7 Å². The Morgan fingerprint density at radius 3 is 2.68 bits per heavy atom. The second kappa shape index (κ2) is 10.3. The minimum atomic E-state index is -1.18. The number of hydrogen-bond donors (Lipinski definition) is 2. The van der Waals surface area contributed by atoms with Crippen molar-refractivity contribution in [1.82, 2.24) is 24.8 Å². The van der Waals surface area contributed by atoms with Gasteiger partial charge in [0.25, 0.3) is 11.8 Å². The standard InChI is InChI=1S/C29H27F2N7O2S/c30-19-13-24-25(34-16-37(24)14-19)26(27(39)35-29-33-7-10-41-29)38-15-22-21(28(38)40)11-18(12-23(22)31)17-1-3-20(4-2-17)36-8-5-32-6-9-36/h1-4,7,10-12,16,19,26,32H,5-6,8-9,13-15H2,(H,33,35,39)/t19-,26?/m1/s1. The van der Waals surface area contributed by atoms with Gasteiger partial charge in [-0.15, -0.1) is 11.3 Å². The van der Waals surface area contributed by atoms with E-state index in [2.05, 4.69) is 25.5 Å². The summed E-state index contributed by atoms with van der Waals surface area (Å²) in [4.78, 5) is 39.6. The van der Waals surface area contributed by atoms with Gasteiger partial charge in [-0.3, -0.25) is 14.9 Å². The fraction of sp³-hybridized carbons (Fsp3) is 0.310. The molecular weight excluding hydrogens is 548 g/mol. The molecule has 0 radical (unpaired) electrons. The molecule has 2 aromatic heterocycles. The molecule has 210 valence electrons. The zero-order valence-corrected chi connectivity index (χ0v) is 22.8. The zero-order valence-electron chi connectivity index (χ0n) is 22.0. The smallest absolute Gasteiger partial charge is 0.255 e. The molecule has 2 aromatic carbocycles. The Morgan fingerprint density at radius 2 is 1.93 bits per heavy atom. The molecule has 5 heterocycles. The zero-order chi connectivity index (χ0) is 28.1. The second-order valence-electron chi connectivity index (χ2n) is 10.5. The topological polar surface area (TPSA) is 95.4 Å². The number of nitrogens with one attached hydrogen (secondary N) is 2. The molecule has 0 saturated carbocycles. The van der Waals surface area contributed by atoms with E-state index in [1.54, 1.807) is 22.2 Å². The van der Waals surface area contributed by atoms with Crippen molar-refractivity contribution in [3.05, 3.63) is 82.6 Å². The molecule has 0 spiro atoms. The minimum Gasteiger partial charge on any atom is -0.369 e. The summed E-state index contributed by atoms with van der Waals surface area (Å²) in [5.74, 6) is -1.53. The number of carbonyl (C=O) groups is 2. The molecule has 2 amide bonds. The van der Waals surface area contributed by atoms with E-state index in [0.29, 0.717) is 22.1 Å². The summed E-state index contributed by atoms with van der Waals surface area (Å²) in [6.45, 7) is 3.72. The quantitative estimate of drug-likeness (QED) is 0.364. The second-order valence-corrected chi connectivity index (χ2v) is 11.4. The third-order valence-electron chi connectivity index (χ3n) is 7.97. The first-order valence-electron chi connectivity index (χ1n) is 13.5. The molecule has 0 aliphatic carbocycles. The summed E-state index contributed by atoms with van der Waals surface area (Å²) in [5, 5.41) is 8.17. The van der Waals surface area contributed by atoms with Crippen molar-refractivity contribution in [2.45, 2.75) is 31.7 Å². The molecule has 1 saturated heterocycles. The van der Waals surface area contributed by atoms with Gasteiger partial charge >= 0.3 is 0 Å². The number of piperazine rings is 1. The Morgan fingerprint density at radius 1 is 1.12 bits per heavy atom. The first kappa shape index (κ1) is 25.8. The maximum absolute atomic E-state index is 15.6. The Kier molecular flexibility index (Phi) is 6.51. The molecule has 7 rings (SSSR count). The lowest BCUT2D eigenvalue weighted by Gasteiger charge is -2.29. The van der Waals surface area contributed by atoms with Gasteiger partial charge in [-0.2, -0.15) is 0 Å². The summed E-state index contributed by atoms with van der Waals surface area (Å²) >= 11 is 1.24. The summed E-state index contributed by atoms with van der Waals surface area (Å²) in [7, 11) is 0. The van der Waals surface area contributed by atoms with Crippen molar-refractivity contribution in [2.75, 3.05) is 36.4 Å². The van der Waals surface area contributed by atoms with Crippen LogP contribution < -0.4 is 15.5 Å². The monoisotopic (exact) mass is 575 g/mol. The first-order chi connectivity index (χ1) is 20.0. The highest BCUT2D eigenvalue weighted by Crippen LogP contribution is 2.38. The SMILES string of the molecule is O=C(Nc1nccs1)C(c1ncn2c1C[C@@H](F)C2)N1Cc2c(F)cc(-c3ccc(N4CCNCC4)cc3)cc2C1=O. The molecule has 3 aliphatic heterocycles. The molecule has 3 aliphatic rings. The van der Waals surface area contributed by atoms with Crippen LogP contribution in [0.25, 0.3) is 11.1 Å². The number of fused-ring (bicyclic) bond motifs is 2. The summed E-state index contributed by atoms with van der Waals surface area (Å²) in [6.07, 6.45) is 2.04. The van der Waals surface area contributed by atoms with Gasteiger partial charge in [0.2, 0.25) is 0 Å². The number of nitrogens with zero attached hydrogens (tertiary/aromatic N) is 5. The Bertz CT molecular complexity index is 1620. The highest BCUT2D eigenvalue weighted by atomic mass is 32.1. The molecule has 41 heavy (non-hydrogen) atoms. The van der Waals surface area contributed by atoms with E-state index in [0.717, 1.165) is 37.4 Å². The van der Waals surface area contributed by atoms with Crippen molar-refractivity contribution >= 4 is 34.0 Å². The van der Waals surface area contributed by atoms with Crippen LogP contribution >= 0.6 is 11.3 Å². The van der Waals surface area contributed by atoms with E-state index in [4.69, 9.17) is 0 Å². The van der Waals surface area contributed by atoms with Gasteiger partial charge in [0.05, 0.1) is 25.1 Å². The lowest BCUT2D eigenvalue weighted by Crippen LogP contribution is -2.43. The molecule has 2 atom stereocenters. The maximum Gasteiger partial charge on any atom is 0.255 e. The van der Waals surface area contributed by atoms with Gasteiger partial charge in [-0.1, -0.05) is 12.1 Å². The average Bonchev–Trinajstić information content (AvgIpc) is 3.77. The number of amides is 2. The van der Waals surface area contributed by atoms with Crippen molar-refractivity contribution in [2.24, 2.45) is 0 Å². The Balaban J connectivity index is 1.21. The molecule has 1 unspecified atom stereocenters. The lowest BCUT2D eigenvalue weighted by molar-refractivity contribution is -0.121. The van der Waals surface area contributed by atoms with E-state index in [9.17, 15) is 14.0 Å². The van der Waals surface area contributed by atoms with Crippen LogP contribution in [0, 0.1) is 5.82 Å². The van der Waals surface area contributed by atoms with Gasteiger partial charge in [-0.25, -0.2) is 18.7 Å². The molecule has 12 heteroatoms. The Hall–Kier alpha value is -4.16. The third kappa shape index (κ3) is 4.66. The summed E-state index contributed by atoms with van der Waals surface area (Å²) in [6, 6.07) is 9.82. The number of carbonyl (C=O) groups excluding carboxylic acids is 2. The van der Waals surface area contributed by atoms with Crippen LogP contribution in [0.5, 0.6) is 0 Å². The van der Waals surface area contributed by atoms with Crippen molar-refractivity contribution in [3.63, 3.8) is 0 Å². The summed E-state index contributed by atoms with van der Waals surface area (Å²) < 4.78 is 31.5. The average molecular weight is 576 g/mol. The van der Waals surface area contributed by atoms with E-state index in [-0.39, 0.29) is 30.6 Å². The van der Waals surface area contributed by atoms with Crippen molar-refractivity contribution in [1.29, 1.82) is 0 Å². The minimum absolute atomic E-state index is 0.0911. The van der Waals surface area contributed by atoms with Crippen LogP contribution in [0.4, 0.5) is 19.6 Å². The fourth-order valence-corrected chi connectivity index (χ4v) is 6.47. The number of hydrogen-bond acceptors (Lipinski definition) is 7. The van der Waals surface area contributed by atoms with E-state index in [1.807, 2.05) is 24.3 Å². The van der Waals surface area contributed by atoms with E-state index >= 15 is 4.39 Å². The van der Waals surface area contributed by atoms with Crippen LogP contribution in [0.1, 0.15) is 33.4 Å². The number of halogens is 2. The van der Waals surface area contributed by atoms with Crippen LogP contribution in [0.2, 0.25) is 0 Å². The normalized spacial score (nSPS) is 18.9. The largest absolute Gasteiger partial charge is 0.369 e. The van der Waals surface area contributed by atoms with E-state index in [1.165, 1.54) is 28.6 Å². The number of rotatable bonds is 6. The van der Waals surface area contributed by atoms with Crippen LogP contribution in [-0.4, -0.2) is 63.6 Å². The maximum atomic E-state index is 15.6. The Labute approximate surface area is 238 Å². The first-order valence-corrected chi connectivity index (χ1v) is 14.4. The number of imidazole rings is 1. The predicted octanol–water partition coefficient (Wildman–Crippen LogP) is 3.79. The molecule has 9 nitrogen and oxygen atoms in total. The van der Waals surface area contributed by atoms with Crippen LogP contribution in [0.15, 0.2) is 54.3 Å². The lowest BCUT2D eigenvalue weighted by atomic mass is 9.99. The molecule has 1 fully saturated rings. The summed E-state index contributed by atoms with van der Waals surface area (Å²) in [5.41, 5.74) is 3.75. The van der Waals surface area contributed by atoms with Gasteiger partial charge in [0.15, 0.2) is 11.2 Å². The molecule has 4 aromatic rings. The molecule has 2 N–H and O–H groups in total. The number of benzene rings is 2. The van der Waals surface area contributed by atoms with Crippen LogP contribution in [0.3, 0.4) is 0 Å². The third-order valence-corrected chi connectivity index (χ3v) is 8.66. The van der Waals surface area contributed by atoms with E-state index < -0.39 is 29.8 Å². The predicted molar refractivity (Wildman–Crippen MR) is 151 cm³/mol. The molecular formula is C29H27F2N7O2S. The van der Waals surface area contributed by atoms with Gasteiger partial charge < -0.3 is 19.7 Å². The van der Waals surface area contributed by atoms with Gasteiger partial charge in [0.1, 0.15) is 12.0 Å². The number of anilines is 2. The van der Waals surface area contributed by atoms with Gasteiger partial charge in [-0.05, 0) is 35.4 Å². The molecule has 0 bridgehead atoms. The highest BCUT2D eigenvalue weighted by Gasteiger charge is 2.42. The number of aromatic nitrogens is 3.